The molecule has 6 nitrogen and oxygen atoms in total. The summed E-state index contributed by atoms with van der Waals surface area (Å²) >= 11 is 2.40. The normalized spacial score (nSPS) is 25.6. The zero-order chi connectivity index (χ0) is 16.4. The van der Waals surface area contributed by atoms with Gasteiger partial charge in [-0.1, -0.05) is 41.3 Å². The summed E-state index contributed by atoms with van der Waals surface area (Å²) in [7, 11) is 0. The predicted molar refractivity (Wildman–Crippen MR) is 91.4 cm³/mol. The first-order chi connectivity index (χ1) is 11.6. The van der Waals surface area contributed by atoms with Crippen molar-refractivity contribution < 1.29 is 9.59 Å². The molecule has 4 heterocycles. The number of thioether (sulfide) groups is 1. The van der Waals surface area contributed by atoms with Crippen LogP contribution in [-0.4, -0.2) is 27.0 Å². The Morgan fingerprint density at radius 2 is 1.88 bits per heavy atom. The summed E-state index contributed by atoms with van der Waals surface area (Å²) in [6.07, 6.45) is 1.88. The van der Waals surface area contributed by atoms with E-state index in [9.17, 15) is 14.4 Å². The number of imide groups is 1. The molecule has 1 fully saturated rings. The molecule has 8 heteroatoms. The highest BCUT2D eigenvalue weighted by atomic mass is 32.2. The maximum atomic E-state index is 12.4. The fraction of sp³-hybridized carbons (Fsp3) is 0.188. The average Bonchev–Trinajstić information content (AvgIpc) is 3.22. The van der Waals surface area contributed by atoms with E-state index in [0.717, 1.165) is 32.7 Å². The molecule has 120 valence electrons. The molecule has 0 bridgehead atoms. The van der Waals surface area contributed by atoms with E-state index in [2.05, 4.69) is 15.3 Å². The van der Waals surface area contributed by atoms with Gasteiger partial charge in [-0.3, -0.25) is 19.7 Å². The SMILES string of the molecule is O=C1NC(=O)[C@H]2Sc3[nH]c(=O)sc3[C@@H](c3c[nH]c4ccccc34)[C@H]12. The molecule has 2 aliphatic rings. The van der Waals surface area contributed by atoms with Crippen LogP contribution in [0.3, 0.4) is 0 Å². The lowest BCUT2D eigenvalue weighted by atomic mass is 9.83. The van der Waals surface area contributed by atoms with Crippen molar-refractivity contribution >= 4 is 45.8 Å². The Bertz CT molecular complexity index is 1060. The van der Waals surface area contributed by atoms with Gasteiger partial charge < -0.3 is 9.97 Å². The minimum atomic E-state index is -0.506. The minimum absolute atomic E-state index is 0.162. The Hall–Kier alpha value is -2.32. The number of para-hydroxylation sites is 1. The van der Waals surface area contributed by atoms with E-state index in [0.29, 0.717) is 5.03 Å². The van der Waals surface area contributed by atoms with Gasteiger partial charge in [-0.25, -0.2) is 0 Å². The highest BCUT2D eigenvalue weighted by Crippen LogP contribution is 2.51. The molecule has 2 aromatic heterocycles. The smallest absolute Gasteiger partial charge is 0.305 e. The van der Waals surface area contributed by atoms with Gasteiger partial charge in [0, 0.05) is 27.9 Å². The zero-order valence-electron chi connectivity index (χ0n) is 12.2. The lowest BCUT2D eigenvalue weighted by molar-refractivity contribution is -0.125. The first-order valence-corrected chi connectivity index (χ1v) is 9.13. The number of rotatable bonds is 1. The Morgan fingerprint density at radius 3 is 2.75 bits per heavy atom. The van der Waals surface area contributed by atoms with Crippen molar-refractivity contribution in [1.29, 1.82) is 0 Å². The summed E-state index contributed by atoms with van der Waals surface area (Å²) < 4.78 is 0. The van der Waals surface area contributed by atoms with E-state index in [4.69, 9.17) is 0 Å². The van der Waals surface area contributed by atoms with Gasteiger partial charge in [0.1, 0.15) is 5.25 Å². The Kier molecular flexibility index (Phi) is 2.84. The van der Waals surface area contributed by atoms with E-state index in [-0.39, 0.29) is 22.6 Å². The Balaban J connectivity index is 1.79. The van der Waals surface area contributed by atoms with Crippen molar-refractivity contribution in [3.05, 3.63) is 50.6 Å². The molecular formula is C16H11N3O3S2. The van der Waals surface area contributed by atoms with Crippen LogP contribution in [0.5, 0.6) is 0 Å². The van der Waals surface area contributed by atoms with Gasteiger partial charge in [-0.15, -0.1) is 0 Å². The van der Waals surface area contributed by atoms with Crippen molar-refractivity contribution in [1.82, 2.24) is 15.3 Å². The van der Waals surface area contributed by atoms with Crippen molar-refractivity contribution in [2.24, 2.45) is 5.92 Å². The first-order valence-electron chi connectivity index (χ1n) is 7.44. The second kappa shape index (κ2) is 4.84. The number of hydrogen-bond acceptors (Lipinski definition) is 5. The molecule has 3 atom stereocenters. The van der Waals surface area contributed by atoms with E-state index in [1.807, 2.05) is 30.5 Å². The van der Waals surface area contributed by atoms with Crippen LogP contribution >= 0.6 is 23.1 Å². The highest BCUT2D eigenvalue weighted by Gasteiger charge is 2.52. The van der Waals surface area contributed by atoms with Gasteiger partial charge in [-0.05, 0) is 11.6 Å². The van der Waals surface area contributed by atoms with Crippen molar-refractivity contribution in [2.45, 2.75) is 16.2 Å². The van der Waals surface area contributed by atoms with Crippen LogP contribution in [0.15, 0.2) is 40.3 Å². The number of aromatic nitrogens is 2. The number of benzene rings is 1. The lowest BCUT2D eigenvalue weighted by Crippen LogP contribution is -2.31. The van der Waals surface area contributed by atoms with Crippen molar-refractivity contribution in [3.8, 4) is 0 Å². The number of amides is 2. The van der Waals surface area contributed by atoms with E-state index >= 15 is 0 Å². The number of hydrogen-bond donors (Lipinski definition) is 3. The third-order valence-electron chi connectivity index (χ3n) is 4.62. The number of carbonyl (C=O) groups is 2. The van der Waals surface area contributed by atoms with Gasteiger partial charge in [0.15, 0.2) is 0 Å². The van der Waals surface area contributed by atoms with Crippen LogP contribution in [0, 0.1) is 5.92 Å². The monoisotopic (exact) mass is 357 g/mol. The highest BCUT2D eigenvalue weighted by molar-refractivity contribution is 8.00. The van der Waals surface area contributed by atoms with Crippen LogP contribution in [-0.2, 0) is 9.59 Å². The van der Waals surface area contributed by atoms with Gasteiger partial charge >= 0.3 is 4.87 Å². The molecule has 3 aromatic rings. The number of nitrogens with one attached hydrogen (secondary N) is 3. The molecule has 2 amide bonds. The van der Waals surface area contributed by atoms with Gasteiger partial charge in [-0.2, -0.15) is 0 Å². The maximum absolute atomic E-state index is 12.4. The van der Waals surface area contributed by atoms with Crippen LogP contribution < -0.4 is 10.2 Å². The van der Waals surface area contributed by atoms with E-state index in [1.165, 1.54) is 11.8 Å². The largest absolute Gasteiger partial charge is 0.361 e. The lowest BCUT2D eigenvalue weighted by Gasteiger charge is -2.29. The van der Waals surface area contributed by atoms with Crippen LogP contribution in [0.2, 0.25) is 0 Å². The second-order valence-corrected chi connectivity index (χ2v) is 8.06. The molecule has 2 aliphatic heterocycles. The molecule has 0 unspecified atom stereocenters. The fourth-order valence-corrected chi connectivity index (χ4v) is 6.10. The topological polar surface area (TPSA) is 94.8 Å². The summed E-state index contributed by atoms with van der Waals surface area (Å²) in [6.45, 7) is 0. The minimum Gasteiger partial charge on any atom is -0.361 e. The van der Waals surface area contributed by atoms with Crippen LogP contribution in [0.25, 0.3) is 10.9 Å². The number of H-pyrrole nitrogens is 2. The number of carbonyl (C=O) groups excluding carboxylic acids is 2. The molecule has 3 N–H and O–H groups in total. The molecule has 0 aliphatic carbocycles. The summed E-state index contributed by atoms with van der Waals surface area (Å²) in [5.41, 5.74) is 1.92. The molecule has 1 aromatic carbocycles. The molecule has 0 saturated carbocycles. The quantitative estimate of drug-likeness (QED) is 0.579. The third kappa shape index (κ3) is 1.81. The number of thiazole rings is 1. The summed E-state index contributed by atoms with van der Waals surface area (Å²) in [5.74, 6) is -1.35. The van der Waals surface area contributed by atoms with Gasteiger partial charge in [0.2, 0.25) is 11.8 Å². The Morgan fingerprint density at radius 1 is 1.04 bits per heavy atom. The first kappa shape index (κ1) is 14.1. The molecule has 0 spiro atoms. The summed E-state index contributed by atoms with van der Waals surface area (Å²) in [4.78, 5) is 43.2. The summed E-state index contributed by atoms with van der Waals surface area (Å²) in [6, 6.07) is 7.83. The van der Waals surface area contributed by atoms with Crippen molar-refractivity contribution in [3.63, 3.8) is 0 Å². The standard InChI is InChI=1S/C16H11N3O3S2/c20-13-10-9(7-5-17-8-4-2-1-3-6(7)8)12-15(19-16(22)24-12)23-11(10)14(21)18-13/h1-5,9-11,17H,(H,19,22)(H,18,20,21)/t9-,10-,11-/m0/s1. The molecule has 5 rings (SSSR count). The molecule has 1 saturated heterocycles. The predicted octanol–water partition coefficient (Wildman–Crippen LogP) is 1.80. The number of fused-ring (bicyclic) bond motifs is 3. The summed E-state index contributed by atoms with van der Waals surface area (Å²) in [5, 5.41) is 3.64. The van der Waals surface area contributed by atoms with Gasteiger partial charge in [0.25, 0.3) is 0 Å². The van der Waals surface area contributed by atoms with E-state index < -0.39 is 11.2 Å². The average molecular weight is 357 g/mol. The van der Waals surface area contributed by atoms with Crippen LogP contribution in [0.4, 0.5) is 0 Å². The number of aromatic amines is 2. The third-order valence-corrected chi connectivity index (χ3v) is 7.03. The van der Waals surface area contributed by atoms with Crippen molar-refractivity contribution in [2.75, 3.05) is 0 Å². The molecular weight excluding hydrogens is 346 g/mol. The fourth-order valence-electron chi connectivity index (χ4n) is 3.62. The maximum Gasteiger partial charge on any atom is 0.305 e. The van der Waals surface area contributed by atoms with Crippen LogP contribution in [0.1, 0.15) is 16.4 Å². The van der Waals surface area contributed by atoms with E-state index in [1.54, 1.807) is 0 Å². The second-order valence-electron chi connectivity index (χ2n) is 5.89. The molecule has 0 radical (unpaired) electrons. The van der Waals surface area contributed by atoms with Gasteiger partial charge in [0.05, 0.1) is 10.9 Å². The Labute approximate surface area is 143 Å². The zero-order valence-corrected chi connectivity index (χ0v) is 13.8. The molecule has 24 heavy (non-hydrogen) atoms.